The Kier molecular flexibility index (Phi) is 4.69. The topological polar surface area (TPSA) is 0 Å². The van der Waals surface area contributed by atoms with Gasteiger partial charge in [0.25, 0.3) is 0 Å². The van der Waals surface area contributed by atoms with Crippen LogP contribution in [0.2, 0.25) is 0 Å². The molecule has 0 spiro atoms. The monoisotopic (exact) mass is 331 g/mol. The van der Waals surface area contributed by atoms with E-state index in [1.165, 1.54) is 0 Å². The molecule has 0 rings (SSSR count). The van der Waals surface area contributed by atoms with Gasteiger partial charge in [-0.3, -0.25) is 0 Å². The van der Waals surface area contributed by atoms with Gasteiger partial charge in [-0.15, -0.1) is 0 Å². The lowest BCUT2D eigenvalue weighted by molar-refractivity contribution is -0.365. The lowest BCUT2D eigenvalue weighted by Crippen LogP contribution is -2.63. The number of halogens is 13. The molecule has 20 heavy (non-hydrogen) atoms. The van der Waals surface area contributed by atoms with E-state index in [1.54, 1.807) is 0 Å². The van der Waals surface area contributed by atoms with Crippen LogP contribution in [0.5, 0.6) is 0 Å². The molecule has 0 aliphatic carbocycles. The van der Waals surface area contributed by atoms with Crippen molar-refractivity contribution in [2.45, 2.75) is 23.7 Å². The fourth-order valence-electron chi connectivity index (χ4n) is 0.770. The van der Waals surface area contributed by atoms with Crippen molar-refractivity contribution < 1.29 is 57.1 Å². The van der Waals surface area contributed by atoms with Crippen LogP contribution < -0.4 is 0 Å². The lowest BCUT2D eigenvalue weighted by Gasteiger charge is -2.34. The summed E-state index contributed by atoms with van der Waals surface area (Å²) < 4.78 is 157. The minimum Gasteiger partial charge on any atom is -0.199 e. The van der Waals surface area contributed by atoms with Crippen molar-refractivity contribution in [3.05, 3.63) is 18.3 Å². The highest BCUT2D eigenvalue weighted by Gasteiger charge is 2.84. The van der Waals surface area contributed by atoms with Gasteiger partial charge in [0.2, 0.25) is 5.83 Å². The minimum atomic E-state index is -7.57. The molecule has 0 aliphatic rings. The first-order chi connectivity index (χ1) is 8.55. The van der Waals surface area contributed by atoms with E-state index >= 15 is 0 Å². The zero-order valence-electron chi connectivity index (χ0n) is 8.41. The maximum Gasteiger partial charge on any atom is 0.385 e. The van der Waals surface area contributed by atoms with Crippen molar-refractivity contribution in [1.82, 2.24) is 0 Å². The average Bonchev–Trinajstić information content (AvgIpc) is 2.26. The molecule has 0 saturated heterocycles. The Morgan fingerprint density at radius 2 is 0.800 bits per heavy atom. The van der Waals surface area contributed by atoms with E-state index in [-0.39, 0.29) is 0 Å². The first kappa shape index (κ1) is 18.8. The standard InChI is InChI=1S/C7F13/c8-1(2(9)10)4(13,14)6(17,18)7(19,20)5(15,16)3(11)12. The molecule has 0 saturated carbocycles. The van der Waals surface area contributed by atoms with Crippen LogP contribution in [-0.2, 0) is 0 Å². The maximum absolute atomic E-state index is 12.5. The fraction of sp³-hybridized carbons (Fsp3) is 0.571. The molecule has 0 aromatic carbocycles. The van der Waals surface area contributed by atoms with Crippen LogP contribution in [0.4, 0.5) is 57.1 Å². The van der Waals surface area contributed by atoms with Gasteiger partial charge in [-0.25, -0.2) is 0 Å². The summed E-state index contributed by atoms with van der Waals surface area (Å²) in [6.07, 6.45) is -8.90. The fourth-order valence-corrected chi connectivity index (χ4v) is 0.770. The summed E-state index contributed by atoms with van der Waals surface area (Å²) in [4.78, 5) is 0. The third kappa shape index (κ3) is 2.41. The molecule has 0 N–H and O–H groups in total. The van der Waals surface area contributed by atoms with Gasteiger partial charge in [-0.1, -0.05) is 0 Å². The molecule has 0 nitrogen and oxygen atoms in total. The molecule has 0 aromatic rings. The van der Waals surface area contributed by atoms with E-state index in [1.807, 2.05) is 0 Å². The second-order valence-electron chi connectivity index (χ2n) is 3.13. The minimum absolute atomic E-state index is 4.21. The Labute approximate surface area is 100 Å². The molecule has 0 bridgehead atoms. The molecule has 0 heterocycles. The molecule has 0 aliphatic heterocycles. The highest BCUT2D eigenvalue weighted by molar-refractivity contribution is 5.18. The number of allylic oxidation sites excluding steroid dienone is 1. The smallest absolute Gasteiger partial charge is 0.199 e. The normalized spacial score (nSPS) is 14.7. The lowest BCUT2D eigenvalue weighted by atomic mass is 9.98. The van der Waals surface area contributed by atoms with Crippen LogP contribution in [0, 0.1) is 6.43 Å². The molecule has 0 atom stereocenters. The summed E-state index contributed by atoms with van der Waals surface area (Å²) >= 11 is 0. The average molecular weight is 331 g/mol. The number of rotatable bonds is 5. The summed E-state index contributed by atoms with van der Waals surface area (Å²) in [7, 11) is 0. The van der Waals surface area contributed by atoms with E-state index in [2.05, 4.69) is 0 Å². The van der Waals surface area contributed by atoms with Crippen molar-refractivity contribution in [3.8, 4) is 0 Å². The first-order valence-corrected chi connectivity index (χ1v) is 3.96. The predicted octanol–water partition coefficient (Wildman–Crippen LogP) is 5.03. The van der Waals surface area contributed by atoms with Crippen molar-refractivity contribution in [2.75, 3.05) is 0 Å². The molecule has 0 fully saturated rings. The summed E-state index contributed by atoms with van der Waals surface area (Å²) in [6, 6.07) is 0. The van der Waals surface area contributed by atoms with Crippen molar-refractivity contribution >= 4 is 0 Å². The van der Waals surface area contributed by atoms with Gasteiger partial charge in [-0.2, -0.15) is 57.1 Å². The molecule has 0 amide bonds. The predicted molar refractivity (Wildman–Crippen MR) is 35.6 cm³/mol. The van der Waals surface area contributed by atoms with Crippen molar-refractivity contribution in [1.29, 1.82) is 0 Å². The summed E-state index contributed by atoms with van der Waals surface area (Å²) in [5, 5.41) is 0. The second-order valence-corrected chi connectivity index (χ2v) is 3.13. The van der Waals surface area contributed by atoms with Crippen LogP contribution in [-0.4, -0.2) is 23.7 Å². The SMILES string of the molecule is F[C](F)C(F)(F)C(F)(F)C(F)(F)C(F)(F)C(F)=C(F)F. The highest BCUT2D eigenvalue weighted by atomic mass is 19.4. The third-order valence-corrected chi connectivity index (χ3v) is 1.86. The van der Waals surface area contributed by atoms with Gasteiger partial charge in [0.15, 0.2) is 0 Å². The maximum atomic E-state index is 12.5. The van der Waals surface area contributed by atoms with Gasteiger partial charge >= 0.3 is 36.2 Å². The van der Waals surface area contributed by atoms with E-state index in [0.29, 0.717) is 0 Å². The summed E-state index contributed by atoms with van der Waals surface area (Å²) in [5.74, 6) is -33.8. The van der Waals surface area contributed by atoms with Crippen molar-refractivity contribution in [3.63, 3.8) is 0 Å². The van der Waals surface area contributed by atoms with Crippen LogP contribution in [0.3, 0.4) is 0 Å². The van der Waals surface area contributed by atoms with Gasteiger partial charge in [0.1, 0.15) is 0 Å². The van der Waals surface area contributed by atoms with Crippen molar-refractivity contribution in [2.24, 2.45) is 0 Å². The molecule has 119 valence electrons. The molecule has 0 unspecified atom stereocenters. The van der Waals surface area contributed by atoms with E-state index in [9.17, 15) is 57.1 Å². The zero-order valence-corrected chi connectivity index (χ0v) is 8.41. The molecule has 1 radical (unpaired) electrons. The first-order valence-electron chi connectivity index (χ1n) is 3.96. The highest BCUT2D eigenvalue weighted by Crippen LogP contribution is 2.57. The van der Waals surface area contributed by atoms with Gasteiger partial charge in [0, 0.05) is 0 Å². The largest absolute Gasteiger partial charge is 0.385 e. The Morgan fingerprint density at radius 1 is 0.500 bits per heavy atom. The van der Waals surface area contributed by atoms with E-state index in [4.69, 9.17) is 0 Å². The van der Waals surface area contributed by atoms with Crippen LogP contribution in [0.25, 0.3) is 0 Å². The summed E-state index contributed by atoms with van der Waals surface area (Å²) in [6.45, 7) is 0. The van der Waals surface area contributed by atoms with Crippen LogP contribution in [0.15, 0.2) is 11.9 Å². The van der Waals surface area contributed by atoms with Crippen LogP contribution >= 0.6 is 0 Å². The van der Waals surface area contributed by atoms with Gasteiger partial charge < -0.3 is 0 Å². The Morgan fingerprint density at radius 3 is 1.05 bits per heavy atom. The second kappa shape index (κ2) is 4.98. The number of alkyl halides is 8. The third-order valence-electron chi connectivity index (χ3n) is 1.86. The molecular weight excluding hydrogens is 331 g/mol. The zero-order chi connectivity index (χ0) is 16.7. The van der Waals surface area contributed by atoms with E-state index < -0.39 is 42.0 Å². The quantitative estimate of drug-likeness (QED) is 0.620. The molecule has 0 aromatic heterocycles. The molecule has 13 heteroatoms. The van der Waals surface area contributed by atoms with Crippen LogP contribution in [0.1, 0.15) is 0 Å². The Balaban J connectivity index is 6.05. The summed E-state index contributed by atoms with van der Waals surface area (Å²) in [5.41, 5.74) is 0. The van der Waals surface area contributed by atoms with Gasteiger partial charge in [-0.05, 0) is 0 Å². The number of hydrogen-bond donors (Lipinski definition) is 0. The molecular formula is C7F13. The Bertz CT molecular complexity index is 388. The Hall–Kier alpha value is -1.17. The van der Waals surface area contributed by atoms with E-state index in [0.717, 1.165) is 0 Å². The number of hydrogen-bond acceptors (Lipinski definition) is 0. The van der Waals surface area contributed by atoms with Gasteiger partial charge in [0.05, 0.1) is 0 Å².